The fourth-order valence-electron chi connectivity index (χ4n) is 2.49. The molecule has 0 saturated heterocycles. The van der Waals surface area contributed by atoms with E-state index >= 15 is 0 Å². The molecule has 0 unspecified atom stereocenters. The SMILES string of the molecule is Cc1c(Cl)cccc1NC(=S)Nc1cc(Oc2ccc(Cl)cc2)cc([N+](=O)[O-])c1. The summed E-state index contributed by atoms with van der Waals surface area (Å²) in [6.45, 7) is 1.86. The van der Waals surface area contributed by atoms with Gasteiger partial charge in [0.15, 0.2) is 5.11 Å². The zero-order valence-electron chi connectivity index (χ0n) is 15.1. The van der Waals surface area contributed by atoms with E-state index in [1.54, 1.807) is 42.5 Å². The summed E-state index contributed by atoms with van der Waals surface area (Å²) >= 11 is 17.3. The fraction of sp³-hybridized carbons (Fsp3) is 0.0500. The van der Waals surface area contributed by atoms with Crippen LogP contribution in [0.5, 0.6) is 11.5 Å². The first-order valence-electron chi connectivity index (χ1n) is 8.38. The lowest BCUT2D eigenvalue weighted by Gasteiger charge is -2.14. The van der Waals surface area contributed by atoms with Crippen LogP contribution in [0.4, 0.5) is 17.1 Å². The van der Waals surface area contributed by atoms with Crippen molar-refractivity contribution < 1.29 is 9.66 Å². The number of nitro benzene ring substituents is 1. The van der Waals surface area contributed by atoms with Crippen LogP contribution >= 0.6 is 35.4 Å². The van der Waals surface area contributed by atoms with Crippen molar-refractivity contribution in [2.75, 3.05) is 10.6 Å². The topological polar surface area (TPSA) is 76.4 Å². The standard InChI is InChI=1S/C20H15Cl2N3O3S/c1-12-18(22)3-2-4-19(12)24-20(29)23-14-9-15(25(26)27)11-17(10-14)28-16-7-5-13(21)6-8-16/h2-11H,1H3,(H2,23,24,29). The van der Waals surface area contributed by atoms with E-state index in [0.29, 0.717) is 21.5 Å². The van der Waals surface area contributed by atoms with Crippen molar-refractivity contribution in [1.82, 2.24) is 0 Å². The number of hydrogen-bond donors (Lipinski definition) is 2. The Kier molecular flexibility index (Phi) is 6.53. The van der Waals surface area contributed by atoms with Gasteiger partial charge in [0, 0.05) is 27.9 Å². The van der Waals surface area contributed by atoms with Crippen molar-refractivity contribution in [2.45, 2.75) is 6.92 Å². The zero-order chi connectivity index (χ0) is 21.0. The fourth-order valence-corrected chi connectivity index (χ4v) is 3.01. The number of rotatable bonds is 5. The van der Waals surface area contributed by atoms with Gasteiger partial charge in [-0.3, -0.25) is 10.1 Å². The van der Waals surface area contributed by atoms with Crippen LogP contribution < -0.4 is 15.4 Å². The van der Waals surface area contributed by atoms with Gasteiger partial charge in [0.05, 0.1) is 16.7 Å². The van der Waals surface area contributed by atoms with E-state index in [9.17, 15) is 10.1 Å². The predicted octanol–water partition coefficient (Wildman–Crippen LogP) is 6.81. The van der Waals surface area contributed by atoms with Crippen molar-refractivity contribution in [3.8, 4) is 11.5 Å². The van der Waals surface area contributed by atoms with Gasteiger partial charge in [-0.25, -0.2) is 0 Å². The summed E-state index contributed by atoms with van der Waals surface area (Å²) in [6.07, 6.45) is 0. The van der Waals surface area contributed by atoms with E-state index < -0.39 is 4.92 Å². The van der Waals surface area contributed by atoms with Crippen molar-refractivity contribution in [1.29, 1.82) is 0 Å². The van der Waals surface area contributed by atoms with Crippen LogP contribution in [0, 0.1) is 17.0 Å². The van der Waals surface area contributed by atoms with E-state index in [1.165, 1.54) is 12.1 Å². The summed E-state index contributed by atoms with van der Waals surface area (Å²) in [4.78, 5) is 10.8. The van der Waals surface area contributed by atoms with Gasteiger partial charge in [0.2, 0.25) is 0 Å². The minimum atomic E-state index is -0.502. The van der Waals surface area contributed by atoms with Gasteiger partial charge < -0.3 is 15.4 Å². The lowest BCUT2D eigenvalue weighted by molar-refractivity contribution is -0.384. The Hall–Kier alpha value is -2.87. The molecule has 0 atom stereocenters. The maximum Gasteiger partial charge on any atom is 0.275 e. The molecule has 148 valence electrons. The Labute approximate surface area is 182 Å². The van der Waals surface area contributed by atoms with Gasteiger partial charge in [-0.05, 0) is 61.1 Å². The quantitative estimate of drug-likeness (QED) is 0.254. The van der Waals surface area contributed by atoms with Gasteiger partial charge in [0.25, 0.3) is 5.69 Å². The van der Waals surface area contributed by atoms with E-state index in [1.807, 2.05) is 13.0 Å². The van der Waals surface area contributed by atoms with E-state index in [4.69, 9.17) is 40.2 Å². The summed E-state index contributed by atoms with van der Waals surface area (Å²) < 4.78 is 5.72. The van der Waals surface area contributed by atoms with Crippen LogP contribution in [0.1, 0.15) is 5.56 Å². The first-order valence-corrected chi connectivity index (χ1v) is 9.54. The Morgan fingerprint density at radius 2 is 1.76 bits per heavy atom. The highest BCUT2D eigenvalue weighted by Crippen LogP contribution is 2.30. The van der Waals surface area contributed by atoms with Crippen molar-refractivity contribution in [2.24, 2.45) is 0 Å². The van der Waals surface area contributed by atoms with Crippen LogP contribution in [0.25, 0.3) is 0 Å². The number of nitro groups is 1. The number of benzene rings is 3. The minimum absolute atomic E-state index is 0.138. The molecule has 9 heteroatoms. The van der Waals surface area contributed by atoms with Crippen LogP contribution in [-0.4, -0.2) is 10.0 Å². The lowest BCUT2D eigenvalue weighted by atomic mass is 10.2. The van der Waals surface area contributed by atoms with Gasteiger partial charge >= 0.3 is 0 Å². The second-order valence-electron chi connectivity index (χ2n) is 6.02. The molecule has 0 bridgehead atoms. The van der Waals surface area contributed by atoms with Crippen LogP contribution in [0.15, 0.2) is 60.7 Å². The second kappa shape index (κ2) is 9.09. The van der Waals surface area contributed by atoms with Crippen LogP contribution in [0.3, 0.4) is 0 Å². The molecule has 3 aromatic carbocycles. The number of ether oxygens (including phenoxy) is 1. The van der Waals surface area contributed by atoms with Crippen LogP contribution in [0.2, 0.25) is 10.0 Å². The molecule has 0 amide bonds. The molecule has 0 heterocycles. The van der Waals surface area contributed by atoms with Gasteiger partial charge in [-0.15, -0.1) is 0 Å². The molecule has 0 saturated carbocycles. The molecule has 0 aliphatic heterocycles. The third-order valence-electron chi connectivity index (χ3n) is 3.93. The number of halogens is 2. The van der Waals surface area contributed by atoms with Gasteiger partial charge in [-0.1, -0.05) is 29.3 Å². The van der Waals surface area contributed by atoms with Gasteiger partial charge in [0.1, 0.15) is 11.5 Å². The minimum Gasteiger partial charge on any atom is -0.457 e. The predicted molar refractivity (Wildman–Crippen MR) is 121 cm³/mol. The third kappa shape index (κ3) is 5.57. The molecule has 0 aliphatic carbocycles. The summed E-state index contributed by atoms with van der Waals surface area (Å²) in [6, 6.07) is 16.4. The maximum absolute atomic E-state index is 11.3. The van der Waals surface area contributed by atoms with E-state index in [0.717, 1.165) is 11.3 Å². The molecular formula is C20H15Cl2N3O3S. The number of thiocarbonyl (C=S) groups is 1. The van der Waals surface area contributed by atoms with Gasteiger partial charge in [-0.2, -0.15) is 0 Å². The maximum atomic E-state index is 11.3. The van der Waals surface area contributed by atoms with E-state index in [2.05, 4.69) is 10.6 Å². The van der Waals surface area contributed by atoms with E-state index in [-0.39, 0.29) is 16.5 Å². The zero-order valence-corrected chi connectivity index (χ0v) is 17.4. The summed E-state index contributed by atoms with van der Waals surface area (Å²) in [7, 11) is 0. The Morgan fingerprint density at radius 3 is 2.45 bits per heavy atom. The molecule has 0 aromatic heterocycles. The number of anilines is 2. The molecule has 0 aliphatic rings. The second-order valence-corrected chi connectivity index (χ2v) is 7.27. The van der Waals surface area contributed by atoms with Crippen molar-refractivity contribution in [3.63, 3.8) is 0 Å². The first kappa shape index (κ1) is 20.9. The molecule has 0 radical (unpaired) electrons. The molecule has 29 heavy (non-hydrogen) atoms. The first-order chi connectivity index (χ1) is 13.8. The Morgan fingerprint density at radius 1 is 1.03 bits per heavy atom. The highest BCUT2D eigenvalue weighted by Gasteiger charge is 2.13. The monoisotopic (exact) mass is 447 g/mol. The lowest BCUT2D eigenvalue weighted by Crippen LogP contribution is -2.19. The van der Waals surface area contributed by atoms with Crippen molar-refractivity contribution >= 4 is 57.6 Å². The largest absolute Gasteiger partial charge is 0.457 e. The molecule has 3 aromatic rings. The molecule has 6 nitrogen and oxygen atoms in total. The highest BCUT2D eigenvalue weighted by atomic mass is 35.5. The third-order valence-corrected chi connectivity index (χ3v) is 4.79. The molecular weight excluding hydrogens is 433 g/mol. The highest BCUT2D eigenvalue weighted by molar-refractivity contribution is 7.80. The smallest absolute Gasteiger partial charge is 0.275 e. The Bertz CT molecular complexity index is 1080. The summed E-state index contributed by atoms with van der Waals surface area (Å²) in [5.41, 5.74) is 1.84. The molecule has 0 spiro atoms. The van der Waals surface area contributed by atoms with Crippen LogP contribution in [-0.2, 0) is 0 Å². The average Bonchev–Trinajstić information content (AvgIpc) is 2.67. The Balaban J connectivity index is 1.81. The number of hydrogen-bond acceptors (Lipinski definition) is 4. The molecule has 3 rings (SSSR count). The molecule has 2 N–H and O–H groups in total. The number of non-ortho nitro benzene ring substituents is 1. The summed E-state index contributed by atoms with van der Waals surface area (Å²) in [5, 5.41) is 18.7. The summed E-state index contributed by atoms with van der Waals surface area (Å²) in [5.74, 6) is 0.780. The number of nitrogens with zero attached hydrogens (tertiary/aromatic N) is 1. The molecule has 0 fully saturated rings. The normalized spacial score (nSPS) is 10.3. The number of nitrogens with one attached hydrogen (secondary N) is 2. The van der Waals surface area contributed by atoms with Crippen molar-refractivity contribution in [3.05, 3.63) is 86.4 Å². The average molecular weight is 448 g/mol.